The third-order valence-electron chi connectivity index (χ3n) is 3.85. The Bertz CT molecular complexity index is 1140. The van der Waals surface area contributed by atoms with Crippen molar-refractivity contribution in [2.24, 2.45) is 5.16 Å². The molecule has 0 aliphatic carbocycles. The van der Waals surface area contributed by atoms with Gasteiger partial charge in [-0.05, 0) is 12.1 Å². The van der Waals surface area contributed by atoms with Crippen LogP contribution in [0, 0.1) is 39.2 Å². The van der Waals surface area contributed by atoms with Crippen molar-refractivity contribution in [2.75, 3.05) is 0 Å². The normalized spacial score (nSPS) is 11.3. The summed E-state index contributed by atoms with van der Waals surface area (Å²) >= 11 is 0. The molecule has 12 heteroatoms. The summed E-state index contributed by atoms with van der Waals surface area (Å²) < 4.78 is 66.4. The van der Waals surface area contributed by atoms with E-state index in [1.807, 2.05) is 0 Å². The molecule has 0 fully saturated rings. The number of aromatic hydroxyl groups is 1. The Kier molecular flexibility index (Phi) is 5.26. The number of hydrogen-bond donors (Lipinski definition) is 1. The highest BCUT2D eigenvalue weighted by Crippen LogP contribution is 2.33. The largest absolute Gasteiger partial charge is 0.505 e. The highest BCUT2D eigenvalue weighted by molar-refractivity contribution is 5.99. The third kappa shape index (κ3) is 3.51. The Hall–Kier alpha value is -3.83. The van der Waals surface area contributed by atoms with Gasteiger partial charge in [0, 0.05) is 17.8 Å². The molecule has 29 heavy (non-hydrogen) atoms. The fraction of sp³-hybridized carbons (Fsp3) is 0.0588. The van der Waals surface area contributed by atoms with Gasteiger partial charge in [-0.15, -0.1) is 0 Å². The number of oxime groups is 1. The number of halogens is 5. The van der Waals surface area contributed by atoms with E-state index in [0.29, 0.717) is 0 Å². The number of non-ortho nitro benzene ring substituents is 1. The van der Waals surface area contributed by atoms with Gasteiger partial charge >= 0.3 is 0 Å². The highest BCUT2D eigenvalue weighted by Gasteiger charge is 2.26. The van der Waals surface area contributed by atoms with Crippen LogP contribution in [0.2, 0.25) is 0 Å². The van der Waals surface area contributed by atoms with Gasteiger partial charge in [0.25, 0.3) is 5.69 Å². The fourth-order valence-electron chi connectivity index (χ4n) is 2.45. The molecule has 0 saturated carbocycles. The quantitative estimate of drug-likeness (QED) is 0.170. The van der Waals surface area contributed by atoms with E-state index in [9.17, 15) is 37.2 Å². The monoisotopic (exact) mass is 413 g/mol. The van der Waals surface area contributed by atoms with E-state index < -0.39 is 57.6 Å². The summed E-state index contributed by atoms with van der Waals surface area (Å²) in [7, 11) is 0. The van der Waals surface area contributed by atoms with Gasteiger partial charge in [0.15, 0.2) is 29.0 Å². The number of nitro groups is 1. The summed E-state index contributed by atoms with van der Waals surface area (Å²) in [5.41, 5.74) is -2.00. The van der Waals surface area contributed by atoms with Crippen LogP contribution >= 0.6 is 0 Å². The summed E-state index contributed by atoms with van der Waals surface area (Å²) in [6.07, 6.45) is 2.05. The second kappa shape index (κ2) is 7.66. The fourth-order valence-corrected chi connectivity index (χ4v) is 2.45. The molecular weight excluding hydrogens is 405 g/mol. The molecule has 1 N–H and O–H groups in total. The predicted octanol–water partition coefficient (Wildman–Crippen LogP) is 4.09. The van der Waals surface area contributed by atoms with Gasteiger partial charge in [-0.3, -0.25) is 15.1 Å². The van der Waals surface area contributed by atoms with Crippen molar-refractivity contribution >= 4 is 22.8 Å². The molecule has 0 aliphatic rings. The SMILES string of the molecule is O=[N+]([O-])c1cc(/C=N/OCc2c(F)c(F)c(F)c(F)c2F)c(O)c2ncccc12. The first-order valence-corrected chi connectivity index (χ1v) is 7.64. The van der Waals surface area contributed by atoms with E-state index in [2.05, 4.69) is 15.0 Å². The minimum absolute atomic E-state index is 0.0504. The Morgan fingerprint density at radius 3 is 2.38 bits per heavy atom. The summed E-state index contributed by atoms with van der Waals surface area (Å²) in [6, 6.07) is 3.74. The third-order valence-corrected chi connectivity index (χ3v) is 3.85. The number of aromatic nitrogens is 1. The maximum Gasteiger partial charge on any atom is 0.279 e. The molecule has 150 valence electrons. The average Bonchev–Trinajstić information content (AvgIpc) is 2.71. The van der Waals surface area contributed by atoms with Crippen LogP contribution in [0.25, 0.3) is 10.9 Å². The molecule has 2 aromatic carbocycles. The number of phenols is 1. The van der Waals surface area contributed by atoms with Crippen molar-refractivity contribution in [1.29, 1.82) is 0 Å². The highest BCUT2D eigenvalue weighted by atomic mass is 19.2. The molecule has 0 spiro atoms. The Balaban J connectivity index is 1.90. The van der Waals surface area contributed by atoms with Crippen LogP contribution in [0.15, 0.2) is 29.6 Å². The zero-order chi connectivity index (χ0) is 21.3. The van der Waals surface area contributed by atoms with E-state index in [-0.39, 0.29) is 16.5 Å². The van der Waals surface area contributed by atoms with Crippen molar-refractivity contribution in [3.05, 3.63) is 74.7 Å². The molecule has 3 rings (SSSR count). The standard InChI is InChI=1S/C17H8F5N3O4/c18-11-9(12(19)14(21)15(22)13(11)20)6-29-24-5-7-4-10(25(27)28)8-2-1-3-23-16(8)17(7)26/h1-5,26H,6H2/b24-5+. The number of hydrogen-bond acceptors (Lipinski definition) is 6. The Morgan fingerprint density at radius 2 is 1.76 bits per heavy atom. The molecule has 7 nitrogen and oxygen atoms in total. The van der Waals surface area contributed by atoms with Crippen LogP contribution in [0.3, 0.4) is 0 Å². The van der Waals surface area contributed by atoms with Crippen LogP contribution < -0.4 is 0 Å². The smallest absolute Gasteiger partial charge is 0.279 e. The van der Waals surface area contributed by atoms with E-state index in [1.165, 1.54) is 18.3 Å². The lowest BCUT2D eigenvalue weighted by molar-refractivity contribution is -0.383. The number of phenolic OH excluding ortho intramolecular Hbond substituents is 1. The van der Waals surface area contributed by atoms with Crippen molar-refractivity contribution in [3.63, 3.8) is 0 Å². The van der Waals surface area contributed by atoms with Crippen LogP contribution in [0.4, 0.5) is 27.6 Å². The number of fused-ring (bicyclic) bond motifs is 1. The zero-order valence-corrected chi connectivity index (χ0v) is 14.0. The second-order valence-corrected chi connectivity index (χ2v) is 5.55. The molecule has 0 unspecified atom stereocenters. The van der Waals surface area contributed by atoms with Gasteiger partial charge in [-0.2, -0.15) is 0 Å². The van der Waals surface area contributed by atoms with E-state index in [4.69, 9.17) is 0 Å². The summed E-state index contributed by atoms with van der Waals surface area (Å²) in [5.74, 6) is -11.2. The summed E-state index contributed by atoms with van der Waals surface area (Å²) in [6.45, 7) is -1.13. The van der Waals surface area contributed by atoms with Crippen molar-refractivity contribution in [1.82, 2.24) is 4.98 Å². The first-order valence-electron chi connectivity index (χ1n) is 7.64. The van der Waals surface area contributed by atoms with Gasteiger partial charge in [-0.25, -0.2) is 22.0 Å². The molecule has 1 heterocycles. The molecular formula is C17H8F5N3O4. The topological polar surface area (TPSA) is 97.9 Å². The maximum atomic E-state index is 13.6. The first-order chi connectivity index (χ1) is 13.7. The van der Waals surface area contributed by atoms with Gasteiger partial charge in [0.2, 0.25) is 5.82 Å². The van der Waals surface area contributed by atoms with Crippen LogP contribution in [0.1, 0.15) is 11.1 Å². The van der Waals surface area contributed by atoms with Crippen molar-refractivity contribution in [2.45, 2.75) is 6.61 Å². The van der Waals surface area contributed by atoms with E-state index in [0.717, 1.165) is 12.3 Å². The predicted molar refractivity (Wildman–Crippen MR) is 88.7 cm³/mol. The number of rotatable bonds is 5. The van der Waals surface area contributed by atoms with E-state index >= 15 is 0 Å². The number of nitro benzene ring substituents is 1. The molecule has 0 saturated heterocycles. The lowest BCUT2D eigenvalue weighted by Gasteiger charge is -2.07. The lowest BCUT2D eigenvalue weighted by Crippen LogP contribution is -2.07. The van der Waals surface area contributed by atoms with Gasteiger partial charge in [0.05, 0.1) is 22.1 Å². The molecule has 0 amide bonds. The Labute approximate surface area is 157 Å². The van der Waals surface area contributed by atoms with Crippen LogP contribution in [-0.2, 0) is 11.4 Å². The van der Waals surface area contributed by atoms with Crippen molar-refractivity contribution in [3.8, 4) is 5.75 Å². The minimum Gasteiger partial charge on any atom is -0.505 e. The molecule has 0 radical (unpaired) electrons. The van der Waals surface area contributed by atoms with Gasteiger partial charge < -0.3 is 9.94 Å². The number of benzene rings is 2. The van der Waals surface area contributed by atoms with E-state index in [1.54, 1.807) is 0 Å². The molecule has 0 atom stereocenters. The minimum atomic E-state index is -2.31. The summed E-state index contributed by atoms with van der Waals surface area (Å²) in [5, 5.41) is 24.7. The van der Waals surface area contributed by atoms with Gasteiger partial charge in [0.1, 0.15) is 12.1 Å². The molecule has 0 aliphatic heterocycles. The van der Waals surface area contributed by atoms with Gasteiger partial charge in [-0.1, -0.05) is 5.16 Å². The number of pyridine rings is 1. The zero-order valence-electron chi connectivity index (χ0n) is 14.0. The second-order valence-electron chi connectivity index (χ2n) is 5.55. The van der Waals surface area contributed by atoms with Crippen LogP contribution in [-0.4, -0.2) is 21.2 Å². The molecule has 0 bridgehead atoms. The Morgan fingerprint density at radius 1 is 1.14 bits per heavy atom. The molecule has 1 aromatic heterocycles. The first kappa shape index (κ1) is 19.9. The van der Waals surface area contributed by atoms with Crippen molar-refractivity contribution < 1.29 is 36.8 Å². The number of nitrogens with zero attached hydrogens (tertiary/aromatic N) is 3. The van der Waals surface area contributed by atoms with Crippen LogP contribution in [0.5, 0.6) is 5.75 Å². The lowest BCUT2D eigenvalue weighted by atomic mass is 10.1. The average molecular weight is 413 g/mol. The molecule has 3 aromatic rings. The maximum absolute atomic E-state index is 13.6. The summed E-state index contributed by atoms with van der Waals surface area (Å²) in [4.78, 5) is 18.8.